The minimum atomic E-state index is 0.0378. The normalized spacial score (nSPS) is 19.0. The van der Waals surface area contributed by atoms with E-state index in [0.717, 1.165) is 56.2 Å². The number of benzene rings is 1. The Balaban J connectivity index is 1.37. The number of nitrogens with zero attached hydrogens (tertiary/aromatic N) is 3. The van der Waals surface area contributed by atoms with E-state index in [-0.39, 0.29) is 12.0 Å². The Hall–Kier alpha value is -2.86. The molecule has 30 heavy (non-hydrogen) atoms. The van der Waals surface area contributed by atoms with Crippen LogP contribution in [0.15, 0.2) is 42.7 Å². The highest BCUT2D eigenvalue weighted by molar-refractivity contribution is 5.92. The zero-order valence-electron chi connectivity index (χ0n) is 17.7. The van der Waals surface area contributed by atoms with Crippen LogP contribution in [-0.4, -0.2) is 59.6 Å². The number of carbonyl (C=O) groups is 1. The summed E-state index contributed by atoms with van der Waals surface area (Å²) in [4.78, 5) is 21.1. The first kappa shape index (κ1) is 20.4. The second-order valence-corrected chi connectivity index (χ2v) is 7.85. The summed E-state index contributed by atoms with van der Waals surface area (Å²) < 4.78 is 11.7. The summed E-state index contributed by atoms with van der Waals surface area (Å²) in [6.07, 6.45) is 8.22. The van der Waals surface area contributed by atoms with Crippen molar-refractivity contribution in [2.45, 2.75) is 32.9 Å². The van der Waals surface area contributed by atoms with E-state index in [4.69, 9.17) is 9.47 Å². The molecule has 2 aromatic rings. The van der Waals surface area contributed by atoms with Gasteiger partial charge in [-0.1, -0.05) is 0 Å². The fourth-order valence-electron chi connectivity index (χ4n) is 4.01. The number of piperazine rings is 1. The number of hydrogen-bond donors (Lipinski definition) is 0. The molecule has 0 aliphatic carbocycles. The van der Waals surface area contributed by atoms with Gasteiger partial charge in [0.1, 0.15) is 17.6 Å². The highest BCUT2D eigenvalue weighted by Gasteiger charge is 2.22. The van der Waals surface area contributed by atoms with Gasteiger partial charge in [-0.05, 0) is 49.8 Å². The van der Waals surface area contributed by atoms with Crippen LogP contribution < -0.4 is 9.47 Å². The van der Waals surface area contributed by atoms with Gasteiger partial charge in [-0.2, -0.15) is 0 Å². The molecule has 1 fully saturated rings. The maximum absolute atomic E-state index is 12.7. The van der Waals surface area contributed by atoms with Crippen molar-refractivity contribution in [3.63, 3.8) is 0 Å². The minimum absolute atomic E-state index is 0.0378. The van der Waals surface area contributed by atoms with Crippen molar-refractivity contribution < 1.29 is 14.3 Å². The first-order chi connectivity index (χ1) is 14.6. The number of pyridine rings is 1. The van der Waals surface area contributed by atoms with E-state index in [2.05, 4.69) is 16.8 Å². The van der Waals surface area contributed by atoms with Gasteiger partial charge in [0.25, 0.3) is 0 Å². The van der Waals surface area contributed by atoms with Crippen molar-refractivity contribution >= 4 is 12.0 Å². The van der Waals surface area contributed by atoms with Gasteiger partial charge in [-0.3, -0.25) is 14.7 Å². The lowest BCUT2D eigenvalue weighted by Gasteiger charge is -2.34. The van der Waals surface area contributed by atoms with Gasteiger partial charge < -0.3 is 14.4 Å². The monoisotopic (exact) mass is 407 g/mol. The van der Waals surface area contributed by atoms with Crippen LogP contribution in [-0.2, 0) is 17.8 Å². The smallest absolute Gasteiger partial charge is 0.246 e. The maximum atomic E-state index is 12.7. The van der Waals surface area contributed by atoms with Crippen LogP contribution in [0.25, 0.3) is 6.08 Å². The third-order valence-electron chi connectivity index (χ3n) is 5.57. The molecule has 6 heteroatoms. The van der Waals surface area contributed by atoms with Crippen molar-refractivity contribution in [1.82, 2.24) is 14.8 Å². The van der Waals surface area contributed by atoms with Crippen molar-refractivity contribution in [3.05, 3.63) is 59.4 Å². The van der Waals surface area contributed by atoms with Gasteiger partial charge in [0, 0.05) is 68.7 Å². The van der Waals surface area contributed by atoms with Gasteiger partial charge in [0.05, 0.1) is 6.61 Å². The Labute approximate surface area is 178 Å². The highest BCUT2D eigenvalue weighted by Crippen LogP contribution is 2.35. The van der Waals surface area contributed by atoms with Crippen molar-refractivity contribution in [2.75, 3.05) is 32.8 Å². The molecule has 0 spiro atoms. The molecule has 158 valence electrons. The Morgan fingerprint density at radius 1 is 1.23 bits per heavy atom. The molecule has 4 rings (SSSR count). The Morgan fingerprint density at radius 3 is 2.73 bits per heavy atom. The second-order valence-electron chi connectivity index (χ2n) is 7.85. The van der Waals surface area contributed by atoms with E-state index < -0.39 is 0 Å². The Morgan fingerprint density at radius 2 is 2.00 bits per heavy atom. The van der Waals surface area contributed by atoms with E-state index in [1.54, 1.807) is 6.08 Å². The quantitative estimate of drug-likeness (QED) is 0.689. The van der Waals surface area contributed by atoms with Crippen molar-refractivity contribution in [3.8, 4) is 11.5 Å². The molecular formula is C24H29N3O3. The summed E-state index contributed by atoms with van der Waals surface area (Å²) in [6, 6.07) is 8.11. The zero-order chi connectivity index (χ0) is 20.9. The van der Waals surface area contributed by atoms with E-state index in [1.165, 1.54) is 11.1 Å². The maximum Gasteiger partial charge on any atom is 0.246 e. The molecule has 0 bridgehead atoms. The zero-order valence-corrected chi connectivity index (χ0v) is 17.7. The molecule has 2 aliphatic heterocycles. The number of ether oxygens (including phenoxy) is 2. The summed E-state index contributed by atoms with van der Waals surface area (Å²) in [5, 5.41) is 0. The summed E-state index contributed by atoms with van der Waals surface area (Å²) in [6.45, 7) is 8.72. The lowest BCUT2D eigenvalue weighted by Crippen LogP contribution is -2.47. The van der Waals surface area contributed by atoms with Gasteiger partial charge in [-0.25, -0.2) is 0 Å². The molecule has 1 atom stereocenters. The SMILES string of the molecule is CCOc1cc2c(cc1/C=C/C(=O)N1CCN(Cc3ccncc3)CC1)O[C@H](C)C2. The summed E-state index contributed by atoms with van der Waals surface area (Å²) in [5.74, 6) is 1.73. The molecular weight excluding hydrogens is 378 g/mol. The Bertz CT molecular complexity index is 905. The number of amides is 1. The van der Waals surface area contributed by atoms with Crippen LogP contribution >= 0.6 is 0 Å². The van der Waals surface area contributed by atoms with Gasteiger partial charge >= 0.3 is 0 Å². The number of aromatic nitrogens is 1. The van der Waals surface area contributed by atoms with Crippen LogP contribution in [0, 0.1) is 0 Å². The van der Waals surface area contributed by atoms with Crippen LogP contribution in [0.1, 0.15) is 30.5 Å². The highest BCUT2D eigenvalue weighted by atomic mass is 16.5. The van der Waals surface area contributed by atoms with Crippen LogP contribution in [0.3, 0.4) is 0 Å². The lowest BCUT2D eigenvalue weighted by molar-refractivity contribution is -0.127. The largest absolute Gasteiger partial charge is 0.493 e. The Kier molecular flexibility index (Phi) is 6.33. The molecule has 0 radical (unpaired) electrons. The second kappa shape index (κ2) is 9.30. The van der Waals surface area contributed by atoms with E-state index in [1.807, 2.05) is 54.6 Å². The molecule has 2 aliphatic rings. The summed E-state index contributed by atoms with van der Waals surface area (Å²) in [5.41, 5.74) is 3.30. The van der Waals surface area contributed by atoms with E-state index >= 15 is 0 Å². The van der Waals surface area contributed by atoms with Gasteiger partial charge in [-0.15, -0.1) is 0 Å². The first-order valence-corrected chi connectivity index (χ1v) is 10.7. The molecule has 1 aromatic heterocycles. The molecule has 6 nitrogen and oxygen atoms in total. The summed E-state index contributed by atoms with van der Waals surface area (Å²) >= 11 is 0. The average molecular weight is 408 g/mol. The third kappa shape index (κ3) is 4.82. The molecule has 1 aromatic carbocycles. The molecule has 0 unspecified atom stereocenters. The predicted molar refractivity (Wildman–Crippen MR) is 117 cm³/mol. The predicted octanol–water partition coefficient (Wildman–Crippen LogP) is 3.16. The molecule has 3 heterocycles. The number of fused-ring (bicyclic) bond motifs is 1. The van der Waals surface area contributed by atoms with Crippen LogP contribution in [0.4, 0.5) is 0 Å². The standard InChI is InChI=1S/C24H29N3O3/c1-3-29-22-16-21-14-18(2)30-23(21)15-20(22)4-5-24(28)27-12-10-26(11-13-27)17-19-6-8-25-9-7-19/h4-9,15-16,18H,3,10-14,17H2,1-2H3/b5-4+/t18-/m1/s1. The van der Waals surface area contributed by atoms with Crippen molar-refractivity contribution in [1.29, 1.82) is 0 Å². The molecule has 0 N–H and O–H groups in total. The van der Waals surface area contributed by atoms with Gasteiger partial charge in [0.15, 0.2) is 0 Å². The van der Waals surface area contributed by atoms with E-state index in [9.17, 15) is 4.79 Å². The summed E-state index contributed by atoms with van der Waals surface area (Å²) in [7, 11) is 0. The molecule has 1 amide bonds. The van der Waals surface area contributed by atoms with Crippen LogP contribution in [0.5, 0.6) is 11.5 Å². The van der Waals surface area contributed by atoms with Gasteiger partial charge in [0.2, 0.25) is 5.91 Å². The molecule has 0 saturated carbocycles. The minimum Gasteiger partial charge on any atom is -0.493 e. The van der Waals surface area contributed by atoms with Crippen molar-refractivity contribution in [2.24, 2.45) is 0 Å². The number of carbonyl (C=O) groups excluding carboxylic acids is 1. The first-order valence-electron chi connectivity index (χ1n) is 10.7. The third-order valence-corrected chi connectivity index (χ3v) is 5.57. The van der Waals surface area contributed by atoms with Crippen LogP contribution in [0.2, 0.25) is 0 Å². The van der Waals surface area contributed by atoms with E-state index in [0.29, 0.717) is 6.61 Å². The number of rotatable bonds is 6. The lowest BCUT2D eigenvalue weighted by atomic mass is 10.1. The average Bonchev–Trinajstić information content (AvgIpc) is 3.12. The fourth-order valence-corrected chi connectivity index (χ4v) is 4.01. The topological polar surface area (TPSA) is 54.9 Å². The number of hydrogen-bond acceptors (Lipinski definition) is 5. The fraction of sp³-hybridized carbons (Fsp3) is 0.417. The molecule has 1 saturated heterocycles.